The van der Waals surface area contributed by atoms with Gasteiger partial charge in [0.05, 0.1) is 23.6 Å². The fourth-order valence-electron chi connectivity index (χ4n) is 3.58. The Morgan fingerprint density at radius 1 is 1.20 bits per heavy atom. The second-order valence-corrected chi connectivity index (χ2v) is 7.93. The summed E-state index contributed by atoms with van der Waals surface area (Å²) < 4.78 is 0. The highest BCUT2D eigenvalue weighted by molar-refractivity contribution is 7.10. The molecule has 1 saturated heterocycles. The zero-order valence-corrected chi connectivity index (χ0v) is 15.6. The number of para-hydroxylation sites is 2. The van der Waals surface area contributed by atoms with E-state index in [0.717, 1.165) is 49.8 Å². The van der Waals surface area contributed by atoms with E-state index in [4.69, 9.17) is 0 Å². The van der Waals surface area contributed by atoms with Crippen molar-refractivity contribution >= 4 is 34.3 Å². The van der Waals surface area contributed by atoms with Gasteiger partial charge in [0.15, 0.2) is 0 Å². The molecular formula is C19H24N4OS. The topological polar surface area (TPSA) is 38.8 Å². The minimum atomic E-state index is 0.156. The number of hydrogen-bond donors (Lipinski definition) is 1. The van der Waals surface area contributed by atoms with Crippen LogP contribution in [-0.4, -0.2) is 55.5 Å². The molecule has 1 aromatic carbocycles. The van der Waals surface area contributed by atoms with Crippen molar-refractivity contribution in [2.45, 2.75) is 13.5 Å². The maximum atomic E-state index is 13.3. The molecule has 4 rings (SSSR count). The summed E-state index contributed by atoms with van der Waals surface area (Å²) in [5.41, 5.74) is 4.25. The number of benzene rings is 1. The van der Waals surface area contributed by atoms with Gasteiger partial charge in [-0.15, -0.1) is 11.3 Å². The van der Waals surface area contributed by atoms with E-state index in [-0.39, 0.29) is 5.91 Å². The number of thiophene rings is 1. The van der Waals surface area contributed by atoms with Crippen LogP contribution in [-0.2, 0) is 11.3 Å². The lowest BCUT2D eigenvalue weighted by atomic mass is 10.2. The summed E-state index contributed by atoms with van der Waals surface area (Å²) in [6.07, 6.45) is 0. The van der Waals surface area contributed by atoms with E-state index in [2.05, 4.69) is 40.5 Å². The molecule has 2 aromatic rings. The van der Waals surface area contributed by atoms with E-state index in [1.54, 1.807) is 11.3 Å². The summed E-state index contributed by atoms with van der Waals surface area (Å²) in [7, 11) is 2.14. The lowest BCUT2D eigenvalue weighted by Gasteiger charge is -2.33. The van der Waals surface area contributed by atoms with E-state index >= 15 is 0 Å². The van der Waals surface area contributed by atoms with Gasteiger partial charge in [-0.2, -0.15) is 0 Å². The number of fused-ring (bicyclic) bond motifs is 2. The van der Waals surface area contributed by atoms with Gasteiger partial charge in [-0.3, -0.25) is 14.6 Å². The normalized spacial score (nSPS) is 18.2. The molecule has 1 amide bonds. The number of piperazine rings is 1. The highest BCUT2D eigenvalue weighted by Crippen LogP contribution is 2.42. The number of amides is 1. The van der Waals surface area contributed by atoms with Crippen LogP contribution in [0.15, 0.2) is 29.6 Å². The average Bonchev–Trinajstić information content (AvgIpc) is 2.88. The van der Waals surface area contributed by atoms with Gasteiger partial charge < -0.3 is 10.2 Å². The molecule has 0 unspecified atom stereocenters. The number of rotatable bonds is 2. The second-order valence-electron chi connectivity index (χ2n) is 6.85. The van der Waals surface area contributed by atoms with Crippen molar-refractivity contribution in [1.29, 1.82) is 0 Å². The third kappa shape index (κ3) is 3.17. The molecule has 2 aliphatic heterocycles. The van der Waals surface area contributed by atoms with Gasteiger partial charge >= 0.3 is 0 Å². The molecule has 1 fully saturated rings. The molecule has 0 radical (unpaired) electrons. The first-order chi connectivity index (χ1) is 12.1. The predicted molar refractivity (Wildman–Crippen MR) is 104 cm³/mol. The van der Waals surface area contributed by atoms with Crippen LogP contribution in [0, 0.1) is 6.92 Å². The van der Waals surface area contributed by atoms with Gasteiger partial charge in [0, 0.05) is 43.2 Å². The number of aryl methyl sites for hydroxylation is 1. The van der Waals surface area contributed by atoms with Gasteiger partial charge in [0.25, 0.3) is 0 Å². The summed E-state index contributed by atoms with van der Waals surface area (Å²) in [5, 5.41) is 5.65. The number of carbonyl (C=O) groups is 1. The number of nitrogens with one attached hydrogen (secondary N) is 1. The summed E-state index contributed by atoms with van der Waals surface area (Å²) in [6.45, 7) is 7.28. The van der Waals surface area contributed by atoms with Crippen LogP contribution >= 0.6 is 11.3 Å². The quantitative estimate of drug-likeness (QED) is 0.898. The summed E-state index contributed by atoms with van der Waals surface area (Å²) >= 11 is 1.72. The van der Waals surface area contributed by atoms with Crippen molar-refractivity contribution in [1.82, 2.24) is 9.80 Å². The maximum Gasteiger partial charge on any atom is 0.245 e. The highest BCUT2D eigenvalue weighted by Gasteiger charge is 2.29. The number of hydrogen-bond acceptors (Lipinski definition) is 5. The SMILES string of the molecule is Cc1scc2c1N(C(=O)CN1CCN(C)CC1)c1ccccc1NC2. The molecule has 0 saturated carbocycles. The van der Waals surface area contributed by atoms with Crippen LogP contribution in [0.5, 0.6) is 0 Å². The Morgan fingerprint density at radius 3 is 2.76 bits per heavy atom. The zero-order chi connectivity index (χ0) is 17.4. The lowest BCUT2D eigenvalue weighted by Crippen LogP contribution is -2.48. The summed E-state index contributed by atoms with van der Waals surface area (Å²) in [6, 6.07) is 8.11. The van der Waals surface area contributed by atoms with Crippen LogP contribution in [0.2, 0.25) is 0 Å². The first kappa shape index (κ1) is 16.6. The molecular weight excluding hydrogens is 332 g/mol. The lowest BCUT2D eigenvalue weighted by molar-refractivity contribution is -0.119. The fourth-order valence-corrected chi connectivity index (χ4v) is 4.43. The van der Waals surface area contributed by atoms with E-state index in [1.165, 1.54) is 10.4 Å². The molecule has 1 N–H and O–H groups in total. The van der Waals surface area contributed by atoms with Crippen molar-refractivity contribution < 1.29 is 4.79 Å². The minimum absolute atomic E-state index is 0.156. The monoisotopic (exact) mass is 356 g/mol. The fraction of sp³-hybridized carbons (Fsp3) is 0.421. The molecule has 6 heteroatoms. The summed E-state index contributed by atoms with van der Waals surface area (Å²) in [4.78, 5) is 21.0. The molecule has 25 heavy (non-hydrogen) atoms. The average molecular weight is 356 g/mol. The number of carbonyl (C=O) groups excluding carboxylic acids is 1. The Hall–Kier alpha value is -1.89. The maximum absolute atomic E-state index is 13.3. The number of anilines is 3. The van der Waals surface area contributed by atoms with E-state index in [0.29, 0.717) is 6.54 Å². The zero-order valence-electron chi connectivity index (χ0n) is 14.8. The van der Waals surface area contributed by atoms with Gasteiger partial charge in [-0.25, -0.2) is 0 Å². The van der Waals surface area contributed by atoms with Crippen molar-refractivity contribution in [2.24, 2.45) is 0 Å². The van der Waals surface area contributed by atoms with Crippen LogP contribution in [0.25, 0.3) is 0 Å². The highest BCUT2D eigenvalue weighted by atomic mass is 32.1. The Morgan fingerprint density at radius 2 is 1.96 bits per heavy atom. The molecule has 0 bridgehead atoms. The third-order valence-electron chi connectivity index (χ3n) is 5.06. The Bertz CT molecular complexity index is 779. The van der Waals surface area contributed by atoms with Crippen LogP contribution in [0.1, 0.15) is 10.4 Å². The van der Waals surface area contributed by atoms with Crippen LogP contribution < -0.4 is 10.2 Å². The molecule has 0 atom stereocenters. The molecule has 1 aromatic heterocycles. The van der Waals surface area contributed by atoms with Crippen LogP contribution in [0.4, 0.5) is 17.1 Å². The van der Waals surface area contributed by atoms with Crippen molar-refractivity contribution in [3.05, 3.63) is 40.1 Å². The molecule has 5 nitrogen and oxygen atoms in total. The first-order valence-corrected chi connectivity index (χ1v) is 9.65. The van der Waals surface area contributed by atoms with Crippen molar-refractivity contribution in [3.8, 4) is 0 Å². The van der Waals surface area contributed by atoms with Gasteiger partial charge in [0.1, 0.15) is 0 Å². The predicted octanol–water partition coefficient (Wildman–Crippen LogP) is 2.89. The molecule has 3 heterocycles. The molecule has 2 aliphatic rings. The number of likely N-dealkylation sites (N-methyl/N-ethyl adjacent to an activating group) is 1. The van der Waals surface area contributed by atoms with Gasteiger partial charge in [-0.05, 0) is 31.5 Å². The largest absolute Gasteiger partial charge is 0.379 e. The minimum Gasteiger partial charge on any atom is -0.379 e. The van der Waals surface area contributed by atoms with E-state index in [1.807, 2.05) is 23.1 Å². The molecule has 0 aliphatic carbocycles. The van der Waals surface area contributed by atoms with Crippen LogP contribution in [0.3, 0.4) is 0 Å². The van der Waals surface area contributed by atoms with Crippen molar-refractivity contribution in [3.63, 3.8) is 0 Å². The first-order valence-electron chi connectivity index (χ1n) is 8.77. The molecule has 132 valence electrons. The van der Waals surface area contributed by atoms with E-state index < -0.39 is 0 Å². The number of nitrogens with zero attached hydrogens (tertiary/aromatic N) is 3. The molecule has 0 spiro atoms. The Labute approximate surface area is 152 Å². The smallest absolute Gasteiger partial charge is 0.245 e. The Kier molecular flexibility index (Phi) is 4.50. The van der Waals surface area contributed by atoms with Crippen molar-refractivity contribution in [2.75, 3.05) is 50.0 Å². The standard InChI is InChI=1S/C19H24N4OS/c1-14-19-15(13-25-14)11-20-16-5-3-4-6-17(16)23(19)18(24)12-22-9-7-21(2)8-10-22/h3-6,13,20H,7-12H2,1-2H3. The van der Waals surface area contributed by atoms with E-state index in [9.17, 15) is 4.79 Å². The van der Waals surface area contributed by atoms with Gasteiger partial charge in [0.2, 0.25) is 5.91 Å². The summed E-state index contributed by atoms with van der Waals surface area (Å²) in [5.74, 6) is 0.156. The third-order valence-corrected chi connectivity index (χ3v) is 6.01. The Balaban J connectivity index is 1.67. The second kappa shape index (κ2) is 6.78. The van der Waals surface area contributed by atoms with Gasteiger partial charge in [-0.1, -0.05) is 12.1 Å².